The van der Waals surface area contributed by atoms with Crippen LogP contribution in [0.15, 0.2) is 24.3 Å². The number of hydrogen-bond acceptors (Lipinski definition) is 3. The molecule has 1 rings (SSSR count). The van der Waals surface area contributed by atoms with Gasteiger partial charge in [-0.15, -0.1) is 0 Å². The predicted molar refractivity (Wildman–Crippen MR) is 76.0 cm³/mol. The fraction of sp³-hybridized carbons (Fsp3) is 0.467. The molecule has 0 aliphatic heterocycles. The summed E-state index contributed by atoms with van der Waals surface area (Å²) in [5.74, 6) is -0.692. The highest BCUT2D eigenvalue weighted by atomic mass is 16.5. The minimum absolute atomic E-state index is 0.170. The summed E-state index contributed by atoms with van der Waals surface area (Å²) in [7, 11) is 0. The number of carboxylic acids is 1. The van der Waals surface area contributed by atoms with Crippen LogP contribution in [0.1, 0.15) is 41.0 Å². The van der Waals surface area contributed by atoms with Gasteiger partial charge >= 0.3 is 5.97 Å². The van der Waals surface area contributed by atoms with Crippen LogP contribution in [0.25, 0.3) is 0 Å². The first-order valence-electron chi connectivity index (χ1n) is 6.70. The summed E-state index contributed by atoms with van der Waals surface area (Å²) >= 11 is 0. The van der Waals surface area contributed by atoms with Crippen molar-refractivity contribution in [3.05, 3.63) is 35.4 Å². The maximum absolute atomic E-state index is 11.8. The summed E-state index contributed by atoms with van der Waals surface area (Å²) in [4.78, 5) is 22.5. The molecule has 0 atom stereocenters. The van der Waals surface area contributed by atoms with Gasteiger partial charge in [0.2, 0.25) is 0 Å². The van der Waals surface area contributed by atoms with Crippen LogP contribution in [0.2, 0.25) is 0 Å². The van der Waals surface area contributed by atoms with Crippen molar-refractivity contribution in [1.29, 1.82) is 0 Å². The van der Waals surface area contributed by atoms with Gasteiger partial charge in [0.05, 0.1) is 5.56 Å². The lowest BCUT2D eigenvalue weighted by Gasteiger charge is -2.08. The minimum atomic E-state index is -1.00. The molecule has 0 aliphatic rings. The highest BCUT2D eigenvalue weighted by molar-refractivity contribution is 5.95. The number of ether oxygens (including phenoxy) is 1. The predicted octanol–water partition coefficient (Wildman–Crippen LogP) is 2.18. The topological polar surface area (TPSA) is 75.6 Å². The van der Waals surface area contributed by atoms with Crippen LogP contribution in [0.4, 0.5) is 0 Å². The molecule has 0 heterocycles. The van der Waals surface area contributed by atoms with Crippen molar-refractivity contribution >= 4 is 11.9 Å². The maximum atomic E-state index is 11.8. The number of carbonyl (C=O) groups is 2. The van der Waals surface area contributed by atoms with Crippen LogP contribution in [0, 0.1) is 5.92 Å². The zero-order valence-electron chi connectivity index (χ0n) is 11.9. The number of amides is 1. The zero-order valence-corrected chi connectivity index (χ0v) is 11.9. The van der Waals surface area contributed by atoms with Gasteiger partial charge in [-0.3, -0.25) is 4.79 Å². The van der Waals surface area contributed by atoms with Crippen molar-refractivity contribution in [2.24, 2.45) is 5.92 Å². The van der Waals surface area contributed by atoms with Crippen LogP contribution in [0.5, 0.6) is 0 Å². The lowest BCUT2D eigenvalue weighted by atomic mass is 10.1. The van der Waals surface area contributed by atoms with E-state index in [0.717, 1.165) is 13.0 Å². The van der Waals surface area contributed by atoms with Gasteiger partial charge < -0.3 is 15.2 Å². The Hall–Kier alpha value is -1.88. The van der Waals surface area contributed by atoms with Gasteiger partial charge in [0.25, 0.3) is 5.91 Å². The molecule has 0 spiro atoms. The number of carboxylic acid groups (broad SMARTS) is 1. The first-order valence-corrected chi connectivity index (χ1v) is 6.70. The Kier molecular flexibility index (Phi) is 6.73. The van der Waals surface area contributed by atoms with Crippen LogP contribution < -0.4 is 5.32 Å². The average Bonchev–Trinajstić information content (AvgIpc) is 2.42. The van der Waals surface area contributed by atoms with Crippen molar-refractivity contribution in [2.45, 2.75) is 20.3 Å². The summed E-state index contributed by atoms with van der Waals surface area (Å²) in [6.45, 7) is 6.06. The van der Waals surface area contributed by atoms with Gasteiger partial charge in [-0.25, -0.2) is 4.79 Å². The summed E-state index contributed by atoms with van der Waals surface area (Å²) in [6.07, 6.45) is 0.756. The van der Waals surface area contributed by atoms with E-state index in [1.54, 1.807) is 0 Å². The third-order valence-corrected chi connectivity index (χ3v) is 2.60. The van der Waals surface area contributed by atoms with Crippen LogP contribution in [-0.4, -0.2) is 36.7 Å². The summed E-state index contributed by atoms with van der Waals surface area (Å²) in [5, 5.41) is 11.5. The Morgan fingerprint density at radius 2 is 1.80 bits per heavy atom. The first-order chi connectivity index (χ1) is 9.50. The molecule has 2 N–H and O–H groups in total. The number of rotatable bonds is 8. The molecule has 20 heavy (non-hydrogen) atoms. The molecule has 0 aromatic heterocycles. The van der Waals surface area contributed by atoms with Gasteiger partial charge in [0.1, 0.15) is 0 Å². The molecule has 5 heteroatoms. The second-order valence-electron chi connectivity index (χ2n) is 4.96. The smallest absolute Gasteiger partial charge is 0.335 e. The molecule has 0 unspecified atom stereocenters. The Bertz CT molecular complexity index is 440. The van der Waals surface area contributed by atoms with Crippen LogP contribution in [-0.2, 0) is 4.74 Å². The normalized spacial score (nSPS) is 10.6. The van der Waals surface area contributed by atoms with Gasteiger partial charge in [0, 0.05) is 25.3 Å². The standard InChI is InChI=1S/C15H21NO4/c1-11(2)10-20-9-3-8-16-14(17)12-4-6-13(7-5-12)15(18)19/h4-7,11H,3,8-10H2,1-2H3,(H,16,17)(H,18,19). The second-order valence-corrected chi connectivity index (χ2v) is 4.96. The molecule has 0 aliphatic carbocycles. The number of carbonyl (C=O) groups excluding carboxylic acids is 1. The van der Waals surface area contributed by atoms with Crippen molar-refractivity contribution in [1.82, 2.24) is 5.32 Å². The van der Waals surface area contributed by atoms with Gasteiger partial charge in [-0.2, -0.15) is 0 Å². The zero-order chi connectivity index (χ0) is 15.0. The largest absolute Gasteiger partial charge is 0.478 e. The van der Waals surface area contributed by atoms with Crippen molar-refractivity contribution in [3.8, 4) is 0 Å². The van der Waals surface area contributed by atoms with Crippen molar-refractivity contribution < 1.29 is 19.4 Å². The van der Waals surface area contributed by atoms with E-state index < -0.39 is 5.97 Å². The van der Waals surface area contributed by atoms with E-state index in [2.05, 4.69) is 19.2 Å². The molecule has 1 aromatic rings. The Morgan fingerprint density at radius 3 is 2.35 bits per heavy atom. The van der Waals surface area contributed by atoms with E-state index in [1.165, 1.54) is 24.3 Å². The quantitative estimate of drug-likeness (QED) is 0.715. The van der Waals surface area contributed by atoms with Crippen LogP contribution >= 0.6 is 0 Å². The highest BCUT2D eigenvalue weighted by Crippen LogP contribution is 2.04. The van der Waals surface area contributed by atoms with Gasteiger partial charge in [-0.1, -0.05) is 13.8 Å². The SMILES string of the molecule is CC(C)COCCCNC(=O)c1ccc(C(=O)O)cc1. The summed E-state index contributed by atoms with van der Waals surface area (Å²) in [6, 6.07) is 5.86. The molecule has 5 nitrogen and oxygen atoms in total. The van der Waals surface area contributed by atoms with Gasteiger partial charge in [0.15, 0.2) is 0 Å². The third-order valence-electron chi connectivity index (χ3n) is 2.60. The van der Waals surface area contributed by atoms with E-state index in [9.17, 15) is 9.59 Å². The van der Waals surface area contributed by atoms with Crippen LogP contribution in [0.3, 0.4) is 0 Å². The van der Waals surface area contributed by atoms with Crippen molar-refractivity contribution in [2.75, 3.05) is 19.8 Å². The lowest BCUT2D eigenvalue weighted by molar-refractivity contribution is 0.0696. The molecule has 0 saturated carbocycles. The Balaban J connectivity index is 2.27. The summed E-state index contributed by atoms with van der Waals surface area (Å²) < 4.78 is 5.41. The number of hydrogen-bond donors (Lipinski definition) is 2. The Morgan fingerprint density at radius 1 is 1.20 bits per heavy atom. The molecule has 0 fully saturated rings. The maximum Gasteiger partial charge on any atom is 0.335 e. The fourth-order valence-corrected chi connectivity index (χ4v) is 1.56. The van der Waals surface area contributed by atoms with Gasteiger partial charge in [-0.05, 0) is 36.6 Å². The third kappa shape index (κ3) is 5.84. The molecule has 1 aromatic carbocycles. The fourth-order valence-electron chi connectivity index (χ4n) is 1.56. The molecular formula is C15H21NO4. The average molecular weight is 279 g/mol. The minimum Gasteiger partial charge on any atom is -0.478 e. The van der Waals surface area contributed by atoms with Crippen molar-refractivity contribution in [3.63, 3.8) is 0 Å². The first kappa shape index (κ1) is 16.2. The Labute approximate surface area is 118 Å². The van der Waals surface area contributed by atoms with E-state index in [1.807, 2.05) is 0 Å². The second kappa shape index (κ2) is 8.32. The number of nitrogens with one attached hydrogen (secondary N) is 1. The number of aromatic carboxylic acids is 1. The molecule has 0 saturated heterocycles. The molecular weight excluding hydrogens is 258 g/mol. The monoisotopic (exact) mass is 279 g/mol. The van der Waals surface area contributed by atoms with E-state index in [0.29, 0.717) is 24.6 Å². The molecule has 110 valence electrons. The van der Waals surface area contributed by atoms with E-state index in [4.69, 9.17) is 9.84 Å². The lowest BCUT2D eigenvalue weighted by Crippen LogP contribution is -2.25. The molecule has 1 amide bonds. The van der Waals surface area contributed by atoms with E-state index >= 15 is 0 Å². The highest BCUT2D eigenvalue weighted by Gasteiger charge is 2.07. The summed E-state index contributed by atoms with van der Waals surface area (Å²) in [5.41, 5.74) is 0.627. The number of benzene rings is 1. The van der Waals surface area contributed by atoms with E-state index in [-0.39, 0.29) is 11.5 Å². The molecule has 0 radical (unpaired) electrons. The molecule has 0 bridgehead atoms.